The van der Waals surface area contributed by atoms with E-state index in [1.54, 1.807) is 12.5 Å². The van der Waals surface area contributed by atoms with E-state index in [9.17, 15) is 4.79 Å². The Bertz CT molecular complexity index is 1100. The van der Waals surface area contributed by atoms with Crippen LogP contribution in [0.15, 0.2) is 58.8 Å². The number of hydrogen-bond donors (Lipinski definition) is 3. The molecule has 0 radical (unpaired) electrons. The molecule has 136 valence electrons. The Labute approximate surface area is 159 Å². The summed E-state index contributed by atoms with van der Waals surface area (Å²) < 4.78 is 1.87. The molecule has 1 amide bonds. The van der Waals surface area contributed by atoms with Gasteiger partial charge in [-0.25, -0.2) is 9.97 Å². The number of nitrogens with one attached hydrogen (secondary N) is 3. The van der Waals surface area contributed by atoms with Gasteiger partial charge in [0.2, 0.25) is 11.9 Å². The fourth-order valence-electron chi connectivity index (χ4n) is 2.57. The zero-order valence-electron chi connectivity index (χ0n) is 14.7. The Morgan fingerprint density at radius 1 is 1.22 bits per heavy atom. The van der Waals surface area contributed by atoms with Gasteiger partial charge in [-0.2, -0.15) is 5.10 Å². The van der Waals surface area contributed by atoms with Crippen molar-refractivity contribution in [3.63, 3.8) is 0 Å². The Morgan fingerprint density at radius 3 is 2.74 bits per heavy atom. The number of hydrogen-bond acceptors (Lipinski definition) is 6. The third-order valence-corrected chi connectivity index (χ3v) is 4.65. The van der Waals surface area contributed by atoms with Crippen molar-refractivity contribution >= 4 is 40.6 Å². The van der Waals surface area contributed by atoms with Crippen LogP contribution in [0.5, 0.6) is 0 Å². The molecule has 0 unspecified atom stereocenters. The molecule has 0 aliphatic carbocycles. The summed E-state index contributed by atoms with van der Waals surface area (Å²) in [5.74, 6) is 1.23. The zero-order chi connectivity index (χ0) is 18.8. The normalized spacial score (nSPS) is 10.9. The van der Waals surface area contributed by atoms with Crippen LogP contribution in [0.1, 0.15) is 12.6 Å². The van der Waals surface area contributed by atoms with E-state index in [4.69, 9.17) is 4.98 Å². The lowest BCUT2D eigenvalue weighted by molar-refractivity contribution is -0.114. The number of H-pyrrole nitrogens is 1. The van der Waals surface area contributed by atoms with Gasteiger partial charge in [0.05, 0.1) is 11.7 Å². The lowest BCUT2D eigenvalue weighted by Crippen LogP contribution is -2.05. The summed E-state index contributed by atoms with van der Waals surface area (Å²) in [7, 11) is 0. The summed E-state index contributed by atoms with van der Waals surface area (Å²) in [5, 5.41) is 13.9. The molecule has 0 bridgehead atoms. The monoisotopic (exact) mass is 379 g/mol. The van der Waals surface area contributed by atoms with E-state index in [1.165, 1.54) is 18.7 Å². The molecular formula is C18H17N7OS. The SMILES string of the molecule is CC(=O)Nc1ccc(Sc2cc3cncn3c(Nc3cc(C)[nH]n3)n2)cc1. The number of carbonyl (C=O) groups excluding carboxylic acids is 1. The largest absolute Gasteiger partial charge is 0.326 e. The van der Waals surface area contributed by atoms with Crippen LogP contribution < -0.4 is 10.6 Å². The molecule has 9 heteroatoms. The van der Waals surface area contributed by atoms with Crippen LogP contribution in [-0.2, 0) is 4.79 Å². The molecular weight excluding hydrogens is 362 g/mol. The van der Waals surface area contributed by atoms with Gasteiger partial charge in [-0.1, -0.05) is 11.8 Å². The van der Waals surface area contributed by atoms with Gasteiger partial charge < -0.3 is 10.6 Å². The minimum Gasteiger partial charge on any atom is -0.326 e. The molecule has 0 saturated heterocycles. The number of nitrogens with zero attached hydrogens (tertiary/aromatic N) is 4. The Hall–Kier alpha value is -3.33. The van der Waals surface area contributed by atoms with Crippen molar-refractivity contribution in [2.75, 3.05) is 10.6 Å². The smallest absolute Gasteiger partial charge is 0.221 e. The Kier molecular flexibility index (Phi) is 4.51. The predicted octanol–water partition coefficient (Wildman–Crippen LogP) is 3.61. The van der Waals surface area contributed by atoms with Crippen molar-refractivity contribution in [2.45, 2.75) is 23.8 Å². The van der Waals surface area contributed by atoms with Crippen molar-refractivity contribution in [1.29, 1.82) is 0 Å². The van der Waals surface area contributed by atoms with Crippen molar-refractivity contribution in [1.82, 2.24) is 24.6 Å². The molecule has 3 N–H and O–H groups in total. The molecule has 0 fully saturated rings. The molecule has 0 aliphatic heterocycles. The number of amides is 1. The molecule has 0 aliphatic rings. The molecule has 3 heterocycles. The molecule has 4 aromatic rings. The second-order valence-electron chi connectivity index (χ2n) is 5.98. The highest BCUT2D eigenvalue weighted by Gasteiger charge is 2.09. The van der Waals surface area contributed by atoms with E-state index in [2.05, 4.69) is 25.8 Å². The van der Waals surface area contributed by atoms with Crippen molar-refractivity contribution in [3.8, 4) is 0 Å². The summed E-state index contributed by atoms with van der Waals surface area (Å²) >= 11 is 1.53. The van der Waals surface area contributed by atoms with E-state index in [-0.39, 0.29) is 5.91 Å². The van der Waals surface area contributed by atoms with Gasteiger partial charge in [0.1, 0.15) is 11.4 Å². The first kappa shape index (κ1) is 17.1. The number of aryl methyl sites for hydroxylation is 1. The molecule has 0 spiro atoms. The average Bonchev–Trinajstić information content (AvgIpc) is 3.25. The predicted molar refractivity (Wildman–Crippen MR) is 104 cm³/mol. The minimum absolute atomic E-state index is 0.0902. The summed E-state index contributed by atoms with van der Waals surface area (Å²) in [5.41, 5.74) is 2.66. The third-order valence-electron chi connectivity index (χ3n) is 3.73. The zero-order valence-corrected chi connectivity index (χ0v) is 15.5. The lowest BCUT2D eigenvalue weighted by Gasteiger charge is -2.09. The summed E-state index contributed by atoms with van der Waals surface area (Å²) in [6.07, 6.45) is 3.49. The van der Waals surface area contributed by atoms with Crippen LogP contribution in [0.3, 0.4) is 0 Å². The van der Waals surface area contributed by atoms with Gasteiger partial charge in [-0.3, -0.25) is 14.3 Å². The van der Waals surface area contributed by atoms with Gasteiger partial charge in [-0.05, 0) is 37.3 Å². The van der Waals surface area contributed by atoms with Gasteiger partial charge >= 0.3 is 0 Å². The van der Waals surface area contributed by atoms with E-state index < -0.39 is 0 Å². The van der Waals surface area contributed by atoms with Gasteiger partial charge in [0.15, 0.2) is 5.82 Å². The topological polar surface area (TPSA) is 100 Å². The van der Waals surface area contributed by atoms with Crippen LogP contribution in [-0.4, -0.2) is 30.5 Å². The summed E-state index contributed by atoms with van der Waals surface area (Å²) in [6.45, 7) is 3.43. The molecule has 4 rings (SSSR count). The number of rotatable bonds is 5. The third kappa shape index (κ3) is 3.93. The van der Waals surface area contributed by atoms with Crippen LogP contribution >= 0.6 is 11.8 Å². The van der Waals surface area contributed by atoms with Gasteiger partial charge in [0, 0.05) is 29.3 Å². The molecule has 1 aromatic carbocycles. The number of benzene rings is 1. The van der Waals surface area contributed by atoms with E-state index in [1.807, 2.05) is 47.7 Å². The average molecular weight is 379 g/mol. The number of anilines is 3. The first-order chi connectivity index (χ1) is 13.1. The molecule has 8 nitrogen and oxygen atoms in total. The summed E-state index contributed by atoms with van der Waals surface area (Å²) in [6, 6.07) is 11.5. The Morgan fingerprint density at radius 2 is 2.04 bits per heavy atom. The van der Waals surface area contributed by atoms with Crippen molar-refractivity contribution in [2.24, 2.45) is 0 Å². The van der Waals surface area contributed by atoms with Crippen LogP contribution in [0.25, 0.3) is 5.52 Å². The number of aromatic amines is 1. The lowest BCUT2D eigenvalue weighted by atomic mass is 10.3. The number of aromatic nitrogens is 5. The fourth-order valence-corrected chi connectivity index (χ4v) is 3.40. The fraction of sp³-hybridized carbons (Fsp3) is 0.111. The Balaban J connectivity index is 1.61. The van der Waals surface area contributed by atoms with Crippen molar-refractivity contribution in [3.05, 3.63) is 54.6 Å². The second-order valence-corrected chi connectivity index (χ2v) is 7.07. The molecule has 0 saturated carbocycles. The number of fused-ring (bicyclic) bond motifs is 1. The van der Waals surface area contributed by atoms with Gasteiger partial charge in [0.25, 0.3) is 0 Å². The molecule has 0 atom stereocenters. The van der Waals surface area contributed by atoms with Gasteiger partial charge in [-0.15, -0.1) is 0 Å². The first-order valence-corrected chi connectivity index (χ1v) is 9.06. The van der Waals surface area contributed by atoms with E-state index >= 15 is 0 Å². The van der Waals surface area contributed by atoms with E-state index in [0.29, 0.717) is 11.8 Å². The highest BCUT2D eigenvalue weighted by Crippen LogP contribution is 2.30. The van der Waals surface area contributed by atoms with Crippen LogP contribution in [0.2, 0.25) is 0 Å². The standard InChI is InChI=1S/C18H17N7OS/c1-11-7-16(24-23-11)21-18-22-17(8-14-9-19-10-25(14)18)27-15-5-3-13(4-6-15)20-12(2)26/h3-10H,1-2H3,(H,20,26)(H2,21,22,23,24). The van der Waals surface area contributed by atoms with Crippen LogP contribution in [0.4, 0.5) is 17.5 Å². The highest BCUT2D eigenvalue weighted by molar-refractivity contribution is 7.99. The maximum absolute atomic E-state index is 11.1. The molecule has 3 aromatic heterocycles. The number of imidazole rings is 1. The summed E-state index contributed by atoms with van der Waals surface area (Å²) in [4.78, 5) is 21.0. The van der Waals surface area contributed by atoms with Crippen molar-refractivity contribution < 1.29 is 4.79 Å². The quantitative estimate of drug-likeness (QED) is 0.458. The first-order valence-electron chi connectivity index (χ1n) is 8.24. The van der Waals surface area contributed by atoms with Crippen LogP contribution in [0, 0.1) is 6.92 Å². The van der Waals surface area contributed by atoms with E-state index in [0.717, 1.165) is 26.8 Å². The minimum atomic E-state index is -0.0902. The highest BCUT2D eigenvalue weighted by atomic mass is 32.2. The molecule has 27 heavy (non-hydrogen) atoms. The maximum Gasteiger partial charge on any atom is 0.221 e. The number of carbonyl (C=O) groups is 1. The maximum atomic E-state index is 11.1. The second kappa shape index (κ2) is 7.12.